The lowest BCUT2D eigenvalue weighted by Crippen LogP contribution is -2.48. The number of nitrogens with one attached hydrogen (secondary N) is 1. The van der Waals surface area contributed by atoms with Crippen LogP contribution >= 0.6 is 0 Å². The molecule has 142 valence electrons. The number of hydrogen-bond acceptors (Lipinski definition) is 7. The first-order valence-electron chi connectivity index (χ1n) is 8.85. The fourth-order valence-corrected chi connectivity index (χ4v) is 2.94. The molecule has 2 amide bonds. The number of benzene rings is 1. The van der Waals surface area contributed by atoms with E-state index in [0.717, 1.165) is 25.1 Å². The summed E-state index contributed by atoms with van der Waals surface area (Å²) in [6.45, 7) is 3.82. The van der Waals surface area contributed by atoms with Gasteiger partial charge < -0.3 is 20.7 Å². The second kappa shape index (κ2) is 8.43. The standard InChI is InChI=1S/C18H22N6O3/c1-2-27-14-7-5-12(6-8-14)17(26)21-13-4-3-9-24(11-13)18-20-10-15(16(19)25)22-23-18/h5-8,10,13H,2-4,9,11H2,1H3,(H2,19,25)(H,21,26). The number of anilines is 1. The molecule has 1 aromatic carbocycles. The average molecular weight is 370 g/mol. The quantitative estimate of drug-likeness (QED) is 0.769. The van der Waals surface area contributed by atoms with Crippen LogP contribution in [-0.4, -0.2) is 52.7 Å². The number of hydrogen-bond donors (Lipinski definition) is 2. The van der Waals surface area contributed by atoms with Crippen molar-refractivity contribution in [2.24, 2.45) is 5.73 Å². The number of aromatic nitrogens is 3. The number of amides is 2. The van der Waals surface area contributed by atoms with Crippen LogP contribution in [0, 0.1) is 0 Å². The lowest BCUT2D eigenvalue weighted by Gasteiger charge is -2.32. The number of ether oxygens (including phenoxy) is 1. The van der Waals surface area contributed by atoms with Crippen LogP contribution in [0.25, 0.3) is 0 Å². The molecule has 2 heterocycles. The average Bonchev–Trinajstić information content (AvgIpc) is 2.69. The van der Waals surface area contributed by atoms with E-state index in [2.05, 4.69) is 20.5 Å². The zero-order chi connectivity index (χ0) is 19.2. The van der Waals surface area contributed by atoms with Gasteiger partial charge >= 0.3 is 0 Å². The fourth-order valence-electron chi connectivity index (χ4n) is 2.94. The van der Waals surface area contributed by atoms with Crippen molar-refractivity contribution >= 4 is 17.8 Å². The molecule has 1 aliphatic heterocycles. The highest BCUT2D eigenvalue weighted by Gasteiger charge is 2.24. The van der Waals surface area contributed by atoms with Gasteiger partial charge in [0.1, 0.15) is 5.75 Å². The molecule has 27 heavy (non-hydrogen) atoms. The van der Waals surface area contributed by atoms with E-state index < -0.39 is 5.91 Å². The molecule has 2 aromatic rings. The van der Waals surface area contributed by atoms with Crippen molar-refractivity contribution in [3.63, 3.8) is 0 Å². The molecule has 1 aromatic heterocycles. The first kappa shape index (κ1) is 18.6. The van der Waals surface area contributed by atoms with Crippen LogP contribution in [0.1, 0.15) is 40.6 Å². The summed E-state index contributed by atoms with van der Waals surface area (Å²) < 4.78 is 5.39. The molecule has 1 fully saturated rings. The predicted molar refractivity (Wildman–Crippen MR) is 98.7 cm³/mol. The van der Waals surface area contributed by atoms with Gasteiger partial charge in [0.15, 0.2) is 5.69 Å². The molecule has 0 bridgehead atoms. The zero-order valence-corrected chi connectivity index (χ0v) is 15.1. The van der Waals surface area contributed by atoms with Gasteiger partial charge in [-0.2, -0.15) is 0 Å². The maximum absolute atomic E-state index is 12.5. The van der Waals surface area contributed by atoms with Crippen LogP contribution in [0.15, 0.2) is 30.5 Å². The van der Waals surface area contributed by atoms with Crippen LogP contribution < -0.4 is 20.7 Å². The normalized spacial score (nSPS) is 16.6. The number of nitrogens with zero attached hydrogens (tertiary/aromatic N) is 4. The Morgan fingerprint density at radius 3 is 2.70 bits per heavy atom. The summed E-state index contributed by atoms with van der Waals surface area (Å²) >= 11 is 0. The van der Waals surface area contributed by atoms with E-state index in [-0.39, 0.29) is 17.6 Å². The second-order valence-corrected chi connectivity index (χ2v) is 6.22. The summed E-state index contributed by atoms with van der Waals surface area (Å²) in [5.41, 5.74) is 5.76. The lowest BCUT2D eigenvalue weighted by atomic mass is 10.1. The van der Waals surface area contributed by atoms with Crippen LogP contribution in [0.3, 0.4) is 0 Å². The van der Waals surface area contributed by atoms with Gasteiger partial charge in [-0.1, -0.05) is 0 Å². The molecule has 0 radical (unpaired) electrons. The molecule has 0 spiro atoms. The van der Waals surface area contributed by atoms with Crippen molar-refractivity contribution in [1.82, 2.24) is 20.5 Å². The number of carbonyl (C=O) groups is 2. The highest BCUT2D eigenvalue weighted by molar-refractivity contribution is 5.94. The monoisotopic (exact) mass is 370 g/mol. The van der Waals surface area contributed by atoms with Crippen molar-refractivity contribution < 1.29 is 14.3 Å². The second-order valence-electron chi connectivity index (χ2n) is 6.22. The molecule has 0 aliphatic carbocycles. The fraction of sp³-hybridized carbons (Fsp3) is 0.389. The third kappa shape index (κ3) is 4.69. The van der Waals surface area contributed by atoms with Gasteiger partial charge in [0.05, 0.1) is 12.8 Å². The van der Waals surface area contributed by atoms with Crippen molar-refractivity contribution in [1.29, 1.82) is 0 Å². The molecule has 3 N–H and O–H groups in total. The van der Waals surface area contributed by atoms with Crippen molar-refractivity contribution in [2.45, 2.75) is 25.8 Å². The predicted octanol–water partition coefficient (Wildman–Crippen LogP) is 0.768. The topological polar surface area (TPSA) is 123 Å². The van der Waals surface area contributed by atoms with Crippen molar-refractivity contribution in [3.8, 4) is 5.75 Å². The maximum atomic E-state index is 12.5. The molecule has 3 rings (SSSR count). The van der Waals surface area contributed by atoms with Crippen LogP contribution in [-0.2, 0) is 0 Å². The molecule has 9 nitrogen and oxygen atoms in total. The first-order valence-corrected chi connectivity index (χ1v) is 8.85. The minimum absolute atomic E-state index is 0.0242. The minimum atomic E-state index is -0.666. The van der Waals surface area contributed by atoms with E-state index in [4.69, 9.17) is 10.5 Å². The number of carbonyl (C=O) groups excluding carboxylic acids is 2. The Bertz CT molecular complexity index is 794. The van der Waals surface area contributed by atoms with E-state index in [1.807, 2.05) is 11.8 Å². The van der Waals surface area contributed by atoms with Gasteiger partial charge in [0, 0.05) is 24.7 Å². The summed E-state index contributed by atoms with van der Waals surface area (Å²) in [5.74, 6) is 0.357. The Hall–Kier alpha value is -3.23. The Morgan fingerprint density at radius 1 is 1.30 bits per heavy atom. The van der Waals surface area contributed by atoms with Gasteiger partial charge in [0.25, 0.3) is 11.8 Å². The van der Waals surface area contributed by atoms with Gasteiger partial charge in [-0.05, 0) is 44.0 Å². The van der Waals surface area contributed by atoms with E-state index >= 15 is 0 Å². The highest BCUT2D eigenvalue weighted by Crippen LogP contribution is 2.17. The van der Waals surface area contributed by atoms with E-state index in [0.29, 0.717) is 24.7 Å². The SMILES string of the molecule is CCOc1ccc(C(=O)NC2CCCN(c3ncc(C(N)=O)nn3)C2)cc1. The van der Waals surface area contributed by atoms with Gasteiger partial charge in [-0.15, -0.1) is 10.2 Å². The van der Waals surface area contributed by atoms with Crippen LogP contribution in [0.2, 0.25) is 0 Å². The summed E-state index contributed by atoms with van der Waals surface area (Å²) in [6, 6.07) is 7.03. The Kier molecular flexibility index (Phi) is 5.80. The zero-order valence-electron chi connectivity index (χ0n) is 15.1. The van der Waals surface area contributed by atoms with E-state index in [1.54, 1.807) is 24.3 Å². The molecule has 9 heteroatoms. The smallest absolute Gasteiger partial charge is 0.270 e. The number of nitrogens with two attached hydrogens (primary N) is 1. The highest BCUT2D eigenvalue weighted by atomic mass is 16.5. The van der Waals surface area contributed by atoms with Crippen molar-refractivity contribution in [3.05, 3.63) is 41.7 Å². The van der Waals surface area contributed by atoms with Gasteiger partial charge in [-0.25, -0.2) is 4.98 Å². The molecule has 1 saturated heterocycles. The molecular formula is C18H22N6O3. The summed E-state index contributed by atoms with van der Waals surface area (Å²) in [7, 11) is 0. The summed E-state index contributed by atoms with van der Waals surface area (Å²) in [6.07, 6.45) is 3.06. The third-order valence-electron chi connectivity index (χ3n) is 4.27. The number of rotatable bonds is 6. The molecule has 1 atom stereocenters. The molecule has 1 aliphatic rings. The van der Waals surface area contributed by atoms with Crippen molar-refractivity contribution in [2.75, 3.05) is 24.6 Å². The summed E-state index contributed by atoms with van der Waals surface area (Å²) in [5, 5.41) is 10.8. The first-order chi connectivity index (χ1) is 13.1. The third-order valence-corrected chi connectivity index (χ3v) is 4.27. The van der Waals surface area contributed by atoms with Gasteiger partial charge in [0.2, 0.25) is 5.95 Å². The number of primary amides is 1. The van der Waals surface area contributed by atoms with Crippen LogP contribution in [0.4, 0.5) is 5.95 Å². The number of piperidine rings is 1. The van der Waals surface area contributed by atoms with E-state index in [9.17, 15) is 9.59 Å². The van der Waals surface area contributed by atoms with E-state index in [1.165, 1.54) is 6.20 Å². The molecule has 1 unspecified atom stereocenters. The molecule has 0 saturated carbocycles. The largest absolute Gasteiger partial charge is 0.494 e. The maximum Gasteiger partial charge on any atom is 0.270 e. The lowest BCUT2D eigenvalue weighted by molar-refractivity contribution is 0.0931. The Labute approximate surface area is 156 Å². The Morgan fingerprint density at radius 2 is 2.07 bits per heavy atom. The van der Waals surface area contributed by atoms with Crippen LogP contribution in [0.5, 0.6) is 5.75 Å². The molecular weight excluding hydrogens is 348 g/mol. The summed E-state index contributed by atoms with van der Waals surface area (Å²) in [4.78, 5) is 29.6. The minimum Gasteiger partial charge on any atom is -0.494 e. The Balaban J connectivity index is 1.60. The van der Waals surface area contributed by atoms with Gasteiger partial charge in [-0.3, -0.25) is 9.59 Å².